The Labute approximate surface area is 119 Å². The molecule has 0 saturated heterocycles. The summed E-state index contributed by atoms with van der Waals surface area (Å²) < 4.78 is 5.03. The molecule has 19 heavy (non-hydrogen) atoms. The fraction of sp³-hybridized carbons (Fsp3) is 0.533. The lowest BCUT2D eigenvalue weighted by atomic mass is 10.0. The van der Waals surface area contributed by atoms with Gasteiger partial charge in [-0.25, -0.2) is 0 Å². The molecule has 1 fully saturated rings. The first kappa shape index (κ1) is 14.4. The van der Waals surface area contributed by atoms with E-state index in [1.165, 1.54) is 18.4 Å². The summed E-state index contributed by atoms with van der Waals surface area (Å²) in [4.78, 5) is 11.6. The van der Waals surface area contributed by atoms with Crippen molar-refractivity contribution < 1.29 is 9.53 Å². The smallest absolute Gasteiger partial charge is 0.307 e. The second-order valence-corrected chi connectivity index (χ2v) is 5.41. The van der Waals surface area contributed by atoms with Crippen LogP contribution in [0.1, 0.15) is 31.7 Å². The number of carbonyl (C=O) groups excluding carboxylic acids is 1. The third-order valence-electron chi connectivity index (χ3n) is 3.16. The molecule has 0 amide bonds. The quantitative estimate of drug-likeness (QED) is 0.781. The van der Waals surface area contributed by atoms with E-state index in [0.717, 1.165) is 11.4 Å². The van der Waals surface area contributed by atoms with E-state index in [0.29, 0.717) is 19.1 Å². The van der Waals surface area contributed by atoms with Crippen LogP contribution in [0.3, 0.4) is 0 Å². The van der Waals surface area contributed by atoms with Gasteiger partial charge in [-0.3, -0.25) is 4.79 Å². The molecule has 0 aliphatic heterocycles. The predicted molar refractivity (Wildman–Crippen MR) is 76.4 cm³/mol. The monoisotopic (exact) mass is 281 g/mol. The van der Waals surface area contributed by atoms with Crippen LogP contribution in [0.2, 0.25) is 5.02 Å². The van der Waals surface area contributed by atoms with Crippen LogP contribution in [0.4, 0.5) is 0 Å². The molecule has 1 aromatic carbocycles. The molecule has 1 atom stereocenters. The number of hydrogen-bond acceptors (Lipinski definition) is 3. The Morgan fingerprint density at radius 2 is 2.11 bits per heavy atom. The molecule has 104 valence electrons. The largest absolute Gasteiger partial charge is 0.466 e. The summed E-state index contributed by atoms with van der Waals surface area (Å²) in [7, 11) is 0. The van der Waals surface area contributed by atoms with E-state index in [1.807, 2.05) is 31.2 Å². The lowest BCUT2D eigenvalue weighted by Crippen LogP contribution is -2.35. The van der Waals surface area contributed by atoms with Crippen molar-refractivity contribution in [1.29, 1.82) is 0 Å². The van der Waals surface area contributed by atoms with Crippen molar-refractivity contribution in [2.75, 3.05) is 6.61 Å². The summed E-state index contributed by atoms with van der Waals surface area (Å²) in [5, 5.41) is 4.25. The highest BCUT2D eigenvalue weighted by atomic mass is 35.5. The molecular formula is C15H20ClNO2. The van der Waals surface area contributed by atoms with E-state index in [2.05, 4.69) is 5.32 Å². The van der Waals surface area contributed by atoms with E-state index in [9.17, 15) is 4.79 Å². The van der Waals surface area contributed by atoms with Gasteiger partial charge in [0.2, 0.25) is 0 Å². The highest BCUT2D eigenvalue weighted by Crippen LogP contribution is 2.21. The van der Waals surface area contributed by atoms with Crippen molar-refractivity contribution in [3.8, 4) is 0 Å². The van der Waals surface area contributed by atoms with E-state index in [1.54, 1.807) is 0 Å². The standard InChI is InChI=1S/C15H20ClNO2/c1-2-19-15(18)10-14(17-13-7-8-13)9-11-3-5-12(16)6-4-11/h3-6,13-14,17H,2,7-10H2,1H3. The van der Waals surface area contributed by atoms with Gasteiger partial charge < -0.3 is 10.1 Å². The minimum absolute atomic E-state index is 0.130. The average molecular weight is 282 g/mol. The molecular weight excluding hydrogens is 262 g/mol. The van der Waals surface area contributed by atoms with Crippen molar-refractivity contribution in [1.82, 2.24) is 5.32 Å². The minimum Gasteiger partial charge on any atom is -0.466 e. The Morgan fingerprint density at radius 3 is 2.68 bits per heavy atom. The molecule has 0 spiro atoms. The Hall–Kier alpha value is -1.06. The zero-order valence-corrected chi connectivity index (χ0v) is 12.0. The molecule has 1 aliphatic rings. The van der Waals surface area contributed by atoms with Gasteiger partial charge in [0.05, 0.1) is 13.0 Å². The van der Waals surface area contributed by atoms with Crippen LogP contribution in [-0.2, 0) is 16.0 Å². The zero-order valence-electron chi connectivity index (χ0n) is 11.2. The van der Waals surface area contributed by atoms with Crippen molar-refractivity contribution in [3.05, 3.63) is 34.9 Å². The first-order chi connectivity index (χ1) is 9.17. The number of hydrogen-bond donors (Lipinski definition) is 1. The zero-order chi connectivity index (χ0) is 13.7. The van der Waals surface area contributed by atoms with Gasteiger partial charge in [0.15, 0.2) is 0 Å². The third kappa shape index (κ3) is 5.21. The third-order valence-corrected chi connectivity index (χ3v) is 3.41. The van der Waals surface area contributed by atoms with Gasteiger partial charge in [0.25, 0.3) is 0 Å². The summed E-state index contributed by atoms with van der Waals surface area (Å²) in [5.41, 5.74) is 1.19. The van der Waals surface area contributed by atoms with Gasteiger partial charge in [-0.05, 0) is 43.9 Å². The topological polar surface area (TPSA) is 38.3 Å². The minimum atomic E-state index is -0.130. The molecule has 1 saturated carbocycles. The molecule has 1 unspecified atom stereocenters. The van der Waals surface area contributed by atoms with Crippen molar-refractivity contribution in [2.45, 2.75) is 44.7 Å². The van der Waals surface area contributed by atoms with Crippen molar-refractivity contribution in [3.63, 3.8) is 0 Å². The maximum absolute atomic E-state index is 11.6. The van der Waals surface area contributed by atoms with Gasteiger partial charge in [-0.1, -0.05) is 23.7 Å². The summed E-state index contributed by atoms with van der Waals surface area (Å²) in [6.45, 7) is 2.27. The number of carbonyl (C=O) groups is 1. The van der Waals surface area contributed by atoms with Crippen LogP contribution in [-0.4, -0.2) is 24.7 Å². The predicted octanol–water partition coefficient (Wildman–Crippen LogP) is 2.96. The second-order valence-electron chi connectivity index (χ2n) is 4.98. The fourth-order valence-corrected chi connectivity index (χ4v) is 2.23. The normalized spacial score (nSPS) is 16.1. The van der Waals surface area contributed by atoms with Gasteiger partial charge in [0, 0.05) is 17.1 Å². The Kier molecular flexibility index (Phi) is 5.23. The first-order valence-electron chi connectivity index (χ1n) is 6.83. The molecule has 1 N–H and O–H groups in total. The van der Waals surface area contributed by atoms with Gasteiger partial charge in [-0.15, -0.1) is 0 Å². The number of esters is 1. The van der Waals surface area contributed by atoms with Crippen LogP contribution in [0.5, 0.6) is 0 Å². The molecule has 0 radical (unpaired) electrons. The maximum Gasteiger partial charge on any atom is 0.307 e. The number of benzene rings is 1. The summed E-state index contributed by atoms with van der Waals surface area (Å²) in [6, 6.07) is 8.51. The fourth-order valence-electron chi connectivity index (χ4n) is 2.10. The number of rotatable bonds is 7. The van der Waals surface area contributed by atoms with Gasteiger partial charge in [-0.2, -0.15) is 0 Å². The summed E-state index contributed by atoms with van der Waals surface area (Å²) in [6.07, 6.45) is 3.67. The van der Waals surface area contributed by atoms with Crippen LogP contribution in [0.25, 0.3) is 0 Å². The van der Waals surface area contributed by atoms with Gasteiger partial charge in [0.1, 0.15) is 0 Å². The Balaban J connectivity index is 1.92. The average Bonchev–Trinajstić information content (AvgIpc) is 3.16. The van der Waals surface area contributed by atoms with Gasteiger partial charge >= 0.3 is 5.97 Å². The molecule has 3 nitrogen and oxygen atoms in total. The molecule has 1 aliphatic carbocycles. The van der Waals surface area contributed by atoms with E-state index in [4.69, 9.17) is 16.3 Å². The van der Waals surface area contributed by atoms with Crippen LogP contribution >= 0.6 is 11.6 Å². The Bertz CT molecular complexity index is 415. The lowest BCUT2D eigenvalue weighted by Gasteiger charge is -2.18. The summed E-state index contributed by atoms with van der Waals surface area (Å²) >= 11 is 5.88. The van der Waals surface area contributed by atoms with Crippen molar-refractivity contribution in [2.24, 2.45) is 0 Å². The van der Waals surface area contributed by atoms with Crippen LogP contribution < -0.4 is 5.32 Å². The van der Waals surface area contributed by atoms with E-state index < -0.39 is 0 Å². The Morgan fingerprint density at radius 1 is 1.42 bits per heavy atom. The maximum atomic E-state index is 11.6. The van der Waals surface area contributed by atoms with E-state index >= 15 is 0 Å². The SMILES string of the molecule is CCOC(=O)CC(Cc1ccc(Cl)cc1)NC1CC1. The first-order valence-corrected chi connectivity index (χ1v) is 7.21. The van der Waals surface area contributed by atoms with Crippen LogP contribution in [0, 0.1) is 0 Å². The molecule has 0 bridgehead atoms. The van der Waals surface area contributed by atoms with E-state index in [-0.39, 0.29) is 12.0 Å². The molecule has 2 rings (SSSR count). The molecule has 4 heteroatoms. The number of halogens is 1. The lowest BCUT2D eigenvalue weighted by molar-refractivity contribution is -0.143. The number of nitrogens with one attached hydrogen (secondary N) is 1. The molecule has 0 heterocycles. The van der Waals surface area contributed by atoms with Crippen LogP contribution in [0.15, 0.2) is 24.3 Å². The highest BCUT2D eigenvalue weighted by molar-refractivity contribution is 6.30. The second kappa shape index (κ2) is 6.92. The number of ether oxygens (including phenoxy) is 1. The summed E-state index contributed by atoms with van der Waals surface area (Å²) in [5.74, 6) is -0.130. The highest BCUT2D eigenvalue weighted by Gasteiger charge is 2.26. The van der Waals surface area contributed by atoms with Crippen molar-refractivity contribution >= 4 is 17.6 Å². The molecule has 1 aromatic rings. The molecule has 0 aromatic heterocycles.